The fourth-order valence-electron chi connectivity index (χ4n) is 5.01. The number of carbonyl (C=O) groups excluding carboxylic acids is 1. The molecule has 0 bridgehead atoms. The SMILES string of the molecule is O=C(Cc1ccc(Cl)c(Cl)c1)N1CCNC2CCCC(N3CC[C@H](O)C3)C21. The average molecular weight is 412 g/mol. The second kappa shape index (κ2) is 8.26. The Morgan fingerprint density at radius 1 is 1.19 bits per heavy atom. The van der Waals surface area contributed by atoms with Crippen molar-refractivity contribution >= 4 is 29.1 Å². The van der Waals surface area contributed by atoms with Gasteiger partial charge in [0, 0.05) is 38.3 Å². The smallest absolute Gasteiger partial charge is 0.227 e. The van der Waals surface area contributed by atoms with Crippen molar-refractivity contribution in [2.24, 2.45) is 0 Å². The molecule has 0 aromatic heterocycles. The van der Waals surface area contributed by atoms with Gasteiger partial charge in [0.2, 0.25) is 5.91 Å². The van der Waals surface area contributed by atoms with Crippen molar-refractivity contribution in [3.05, 3.63) is 33.8 Å². The highest BCUT2D eigenvalue weighted by atomic mass is 35.5. The van der Waals surface area contributed by atoms with Gasteiger partial charge in [-0.15, -0.1) is 0 Å². The lowest BCUT2D eigenvalue weighted by Gasteiger charge is -2.51. The summed E-state index contributed by atoms with van der Waals surface area (Å²) in [5.74, 6) is 0.150. The van der Waals surface area contributed by atoms with Gasteiger partial charge in [0.1, 0.15) is 0 Å². The molecule has 4 rings (SSSR count). The standard InChI is InChI=1S/C20H27Cl2N3O2/c21-15-5-4-13(10-16(15)22)11-19(27)25-9-7-23-17-2-1-3-18(20(17)25)24-8-6-14(26)12-24/h4-5,10,14,17-18,20,23,26H,1-3,6-9,11-12H2/t14-,17?,18?,20?/m0/s1. The van der Waals surface area contributed by atoms with Crippen LogP contribution in [0.15, 0.2) is 18.2 Å². The van der Waals surface area contributed by atoms with Gasteiger partial charge >= 0.3 is 0 Å². The molecule has 2 saturated heterocycles. The highest BCUT2D eigenvalue weighted by Gasteiger charge is 2.44. The summed E-state index contributed by atoms with van der Waals surface area (Å²) in [4.78, 5) is 17.7. The first-order chi connectivity index (χ1) is 13.0. The number of benzene rings is 1. The molecule has 1 saturated carbocycles. The first-order valence-electron chi connectivity index (χ1n) is 9.92. The average Bonchev–Trinajstić information content (AvgIpc) is 3.10. The van der Waals surface area contributed by atoms with E-state index in [4.69, 9.17) is 23.2 Å². The monoisotopic (exact) mass is 411 g/mol. The molecule has 2 N–H and O–H groups in total. The third-order valence-corrected chi connectivity index (χ3v) is 7.00. The third kappa shape index (κ3) is 4.13. The molecule has 2 heterocycles. The van der Waals surface area contributed by atoms with Gasteiger partial charge < -0.3 is 15.3 Å². The van der Waals surface area contributed by atoms with E-state index >= 15 is 0 Å². The zero-order chi connectivity index (χ0) is 19.0. The van der Waals surface area contributed by atoms with Crippen molar-refractivity contribution in [3.63, 3.8) is 0 Å². The second-order valence-corrected chi connectivity index (χ2v) is 8.81. The Balaban J connectivity index is 1.52. The second-order valence-electron chi connectivity index (χ2n) is 8.00. The van der Waals surface area contributed by atoms with E-state index in [1.54, 1.807) is 12.1 Å². The predicted octanol–water partition coefficient (Wildman–Crippen LogP) is 2.32. The molecule has 5 nitrogen and oxygen atoms in total. The summed E-state index contributed by atoms with van der Waals surface area (Å²) >= 11 is 12.1. The van der Waals surface area contributed by atoms with Crippen molar-refractivity contribution in [2.45, 2.75) is 56.3 Å². The Morgan fingerprint density at radius 2 is 2.04 bits per heavy atom. The molecule has 0 radical (unpaired) electrons. The fraction of sp³-hybridized carbons (Fsp3) is 0.650. The quantitative estimate of drug-likeness (QED) is 0.800. The lowest BCUT2D eigenvalue weighted by Crippen LogP contribution is -2.68. The molecule has 1 aromatic carbocycles. The Labute approximate surface area is 170 Å². The van der Waals surface area contributed by atoms with Crippen LogP contribution in [0.2, 0.25) is 10.0 Å². The molecule has 1 aliphatic carbocycles. The van der Waals surface area contributed by atoms with Crippen molar-refractivity contribution in [1.29, 1.82) is 0 Å². The van der Waals surface area contributed by atoms with Crippen LogP contribution < -0.4 is 5.32 Å². The van der Waals surface area contributed by atoms with E-state index in [9.17, 15) is 9.90 Å². The maximum absolute atomic E-state index is 13.2. The van der Waals surface area contributed by atoms with E-state index in [1.807, 2.05) is 6.07 Å². The van der Waals surface area contributed by atoms with Crippen LogP contribution in [0.25, 0.3) is 0 Å². The predicted molar refractivity (Wildman–Crippen MR) is 107 cm³/mol. The number of fused-ring (bicyclic) bond motifs is 1. The Bertz CT molecular complexity index is 700. The Kier molecular flexibility index (Phi) is 5.95. The van der Waals surface area contributed by atoms with Crippen LogP contribution in [0.1, 0.15) is 31.2 Å². The minimum Gasteiger partial charge on any atom is -0.392 e. The van der Waals surface area contributed by atoms with E-state index in [0.717, 1.165) is 51.0 Å². The minimum atomic E-state index is -0.234. The minimum absolute atomic E-state index is 0.150. The summed E-state index contributed by atoms with van der Waals surface area (Å²) in [6.07, 6.45) is 4.30. The summed E-state index contributed by atoms with van der Waals surface area (Å²) in [6, 6.07) is 6.26. The lowest BCUT2D eigenvalue weighted by atomic mass is 9.82. The van der Waals surface area contributed by atoms with Crippen molar-refractivity contribution in [3.8, 4) is 0 Å². The van der Waals surface area contributed by atoms with Gasteiger partial charge in [0.25, 0.3) is 0 Å². The number of carbonyl (C=O) groups is 1. The largest absolute Gasteiger partial charge is 0.392 e. The van der Waals surface area contributed by atoms with Gasteiger partial charge in [-0.25, -0.2) is 0 Å². The number of aliphatic hydroxyl groups excluding tert-OH is 1. The number of halogens is 2. The molecule has 1 amide bonds. The molecule has 3 unspecified atom stereocenters. The molecule has 3 aliphatic rings. The van der Waals surface area contributed by atoms with Crippen LogP contribution in [-0.4, -0.2) is 71.2 Å². The summed E-state index contributed by atoms with van der Waals surface area (Å²) in [5, 5.41) is 14.6. The molecular weight excluding hydrogens is 385 g/mol. The number of aliphatic hydroxyl groups is 1. The van der Waals surface area contributed by atoms with Crippen molar-refractivity contribution in [1.82, 2.24) is 15.1 Å². The van der Waals surface area contributed by atoms with E-state index in [2.05, 4.69) is 15.1 Å². The Hall–Kier alpha value is -0.850. The third-order valence-electron chi connectivity index (χ3n) is 6.26. The molecule has 1 aromatic rings. The topological polar surface area (TPSA) is 55.8 Å². The zero-order valence-corrected chi connectivity index (χ0v) is 16.9. The number of likely N-dealkylation sites (tertiary alicyclic amines) is 1. The number of nitrogens with zero attached hydrogens (tertiary/aromatic N) is 2. The molecule has 0 spiro atoms. The number of hydrogen-bond donors (Lipinski definition) is 2. The number of nitrogens with one attached hydrogen (secondary N) is 1. The first-order valence-corrected chi connectivity index (χ1v) is 10.7. The van der Waals surface area contributed by atoms with Gasteiger partial charge in [0.05, 0.1) is 28.6 Å². The Morgan fingerprint density at radius 3 is 2.78 bits per heavy atom. The summed E-state index contributed by atoms with van der Waals surface area (Å²) in [5.41, 5.74) is 0.897. The van der Waals surface area contributed by atoms with Gasteiger partial charge in [-0.3, -0.25) is 9.69 Å². The molecule has 27 heavy (non-hydrogen) atoms. The van der Waals surface area contributed by atoms with E-state index in [-0.39, 0.29) is 18.1 Å². The number of amides is 1. The zero-order valence-electron chi connectivity index (χ0n) is 15.4. The normalized spacial score (nSPS) is 31.7. The number of piperazine rings is 1. The van der Waals surface area contributed by atoms with Crippen molar-refractivity contribution in [2.75, 3.05) is 26.2 Å². The molecule has 7 heteroatoms. The van der Waals surface area contributed by atoms with Crippen LogP contribution in [0.4, 0.5) is 0 Å². The van der Waals surface area contributed by atoms with Crippen LogP contribution in [0.3, 0.4) is 0 Å². The molecule has 2 aliphatic heterocycles. The summed E-state index contributed by atoms with van der Waals surface area (Å²) in [6.45, 7) is 3.21. The van der Waals surface area contributed by atoms with Crippen LogP contribution in [0, 0.1) is 0 Å². The van der Waals surface area contributed by atoms with E-state index < -0.39 is 0 Å². The molecular formula is C20H27Cl2N3O2. The maximum atomic E-state index is 13.2. The molecule has 3 fully saturated rings. The summed E-state index contributed by atoms with van der Waals surface area (Å²) < 4.78 is 0. The maximum Gasteiger partial charge on any atom is 0.227 e. The van der Waals surface area contributed by atoms with Crippen LogP contribution >= 0.6 is 23.2 Å². The van der Waals surface area contributed by atoms with Gasteiger partial charge in [0.15, 0.2) is 0 Å². The molecule has 148 valence electrons. The number of rotatable bonds is 3. The summed E-state index contributed by atoms with van der Waals surface area (Å²) in [7, 11) is 0. The highest BCUT2D eigenvalue weighted by molar-refractivity contribution is 6.42. The van der Waals surface area contributed by atoms with Gasteiger partial charge in [-0.05, 0) is 37.0 Å². The molecule has 4 atom stereocenters. The van der Waals surface area contributed by atoms with Crippen molar-refractivity contribution < 1.29 is 9.90 Å². The van der Waals surface area contributed by atoms with Gasteiger partial charge in [-0.2, -0.15) is 0 Å². The number of β-amino-alcohol motifs (C(OH)–C–C–N with tert-alkyl or cyclic N) is 1. The highest BCUT2D eigenvalue weighted by Crippen LogP contribution is 2.32. The van der Waals surface area contributed by atoms with Crippen LogP contribution in [0.5, 0.6) is 0 Å². The van der Waals surface area contributed by atoms with Gasteiger partial charge in [-0.1, -0.05) is 35.7 Å². The van der Waals surface area contributed by atoms with E-state index in [0.29, 0.717) is 28.5 Å². The first kappa shape index (κ1) is 19.5. The number of hydrogen-bond acceptors (Lipinski definition) is 4. The fourth-order valence-corrected chi connectivity index (χ4v) is 5.33. The van der Waals surface area contributed by atoms with Crippen LogP contribution in [-0.2, 0) is 11.2 Å². The van der Waals surface area contributed by atoms with E-state index in [1.165, 1.54) is 6.42 Å². The lowest BCUT2D eigenvalue weighted by molar-refractivity contribution is -0.138.